The zero-order valence-electron chi connectivity index (χ0n) is 11.7. The summed E-state index contributed by atoms with van der Waals surface area (Å²) in [5.74, 6) is -0.118. The zero-order valence-corrected chi connectivity index (χ0v) is 12.4. The molecule has 4 nitrogen and oxygen atoms in total. The minimum atomic E-state index is -0.118. The summed E-state index contributed by atoms with van der Waals surface area (Å²) in [6.07, 6.45) is 3.81. The van der Waals surface area contributed by atoms with Gasteiger partial charge in [-0.05, 0) is 49.9 Å². The van der Waals surface area contributed by atoms with Crippen LogP contribution >= 0.6 is 11.6 Å². The highest BCUT2D eigenvalue weighted by atomic mass is 35.5. The summed E-state index contributed by atoms with van der Waals surface area (Å²) in [5, 5.41) is 4.65. The molecule has 110 valence electrons. The topological polar surface area (TPSA) is 68.0 Å². The fourth-order valence-corrected chi connectivity index (χ4v) is 2.93. The molecule has 0 bridgehead atoms. The maximum Gasteiger partial charge on any atom is 0.270 e. The number of fused-ring (bicyclic) bond motifs is 1. The highest BCUT2D eigenvalue weighted by Crippen LogP contribution is 2.19. The van der Waals surface area contributed by atoms with E-state index in [1.807, 2.05) is 18.2 Å². The number of nitrogens with two attached hydrogens (primary N) is 1. The molecular weight excluding hydrogens is 286 g/mol. The Hall–Kier alpha value is -1.65. The van der Waals surface area contributed by atoms with Crippen molar-refractivity contribution in [2.24, 2.45) is 5.73 Å². The molecule has 1 aromatic heterocycles. The summed E-state index contributed by atoms with van der Waals surface area (Å²) in [7, 11) is 0. The minimum Gasteiger partial charge on any atom is -0.348 e. The molecule has 0 saturated heterocycles. The Labute approximate surface area is 128 Å². The van der Waals surface area contributed by atoms with Gasteiger partial charge in [0.15, 0.2) is 0 Å². The summed E-state index contributed by atoms with van der Waals surface area (Å²) < 4.78 is 0. The number of nitrogens with zero attached hydrogens (tertiary/aromatic N) is 1. The van der Waals surface area contributed by atoms with E-state index >= 15 is 0 Å². The third kappa shape index (κ3) is 3.34. The van der Waals surface area contributed by atoms with E-state index in [-0.39, 0.29) is 18.0 Å². The van der Waals surface area contributed by atoms with Gasteiger partial charge in [0.25, 0.3) is 5.91 Å². The van der Waals surface area contributed by atoms with Crippen LogP contribution in [0.25, 0.3) is 10.9 Å². The number of amides is 1. The van der Waals surface area contributed by atoms with Crippen LogP contribution in [0.3, 0.4) is 0 Å². The molecule has 21 heavy (non-hydrogen) atoms. The van der Waals surface area contributed by atoms with Crippen LogP contribution in [-0.2, 0) is 0 Å². The summed E-state index contributed by atoms with van der Waals surface area (Å²) in [6.45, 7) is 0. The summed E-state index contributed by atoms with van der Waals surface area (Å²) in [5.41, 5.74) is 7.10. The lowest BCUT2D eigenvalue weighted by atomic mass is 9.92. The fraction of sp³-hybridized carbons (Fsp3) is 0.375. The molecule has 1 fully saturated rings. The second kappa shape index (κ2) is 6.00. The summed E-state index contributed by atoms with van der Waals surface area (Å²) in [4.78, 5) is 16.7. The highest BCUT2D eigenvalue weighted by molar-refractivity contribution is 6.31. The van der Waals surface area contributed by atoms with Gasteiger partial charge < -0.3 is 11.1 Å². The molecule has 0 spiro atoms. The molecule has 5 heteroatoms. The van der Waals surface area contributed by atoms with Crippen molar-refractivity contribution in [1.29, 1.82) is 0 Å². The average molecular weight is 304 g/mol. The molecule has 1 aromatic carbocycles. The van der Waals surface area contributed by atoms with Gasteiger partial charge in [-0.2, -0.15) is 0 Å². The van der Waals surface area contributed by atoms with Crippen molar-refractivity contribution >= 4 is 28.4 Å². The Morgan fingerprint density at radius 1 is 1.19 bits per heavy atom. The maximum atomic E-state index is 12.3. The number of nitrogens with one attached hydrogen (secondary N) is 1. The molecule has 3 N–H and O–H groups in total. The lowest BCUT2D eigenvalue weighted by Gasteiger charge is -2.26. The van der Waals surface area contributed by atoms with Crippen LogP contribution in [0, 0.1) is 0 Å². The van der Waals surface area contributed by atoms with Gasteiger partial charge in [0.1, 0.15) is 5.69 Å². The molecule has 1 aliphatic rings. The molecule has 0 radical (unpaired) electrons. The van der Waals surface area contributed by atoms with Gasteiger partial charge >= 0.3 is 0 Å². The molecule has 1 heterocycles. The van der Waals surface area contributed by atoms with Crippen LogP contribution in [0.5, 0.6) is 0 Å². The van der Waals surface area contributed by atoms with Crippen molar-refractivity contribution in [2.75, 3.05) is 0 Å². The molecule has 0 atom stereocenters. The van der Waals surface area contributed by atoms with Gasteiger partial charge in [-0.15, -0.1) is 0 Å². The first-order valence-corrected chi connectivity index (χ1v) is 7.62. The Kier molecular flexibility index (Phi) is 4.08. The molecule has 1 amide bonds. The van der Waals surface area contributed by atoms with E-state index in [9.17, 15) is 4.79 Å². The molecule has 3 rings (SSSR count). The fourth-order valence-electron chi connectivity index (χ4n) is 2.75. The van der Waals surface area contributed by atoms with E-state index in [0.717, 1.165) is 36.6 Å². The van der Waals surface area contributed by atoms with Crippen LogP contribution in [0.4, 0.5) is 0 Å². The van der Waals surface area contributed by atoms with Crippen molar-refractivity contribution in [2.45, 2.75) is 37.8 Å². The Bertz CT molecular complexity index is 666. The second-order valence-electron chi connectivity index (χ2n) is 5.62. The van der Waals surface area contributed by atoms with Crippen LogP contribution in [0.2, 0.25) is 5.02 Å². The molecule has 0 aliphatic heterocycles. The van der Waals surface area contributed by atoms with Crippen LogP contribution in [0.15, 0.2) is 30.3 Å². The Morgan fingerprint density at radius 3 is 2.71 bits per heavy atom. The molecule has 2 aromatic rings. The molecule has 0 unspecified atom stereocenters. The molecular formula is C16H18ClN3O. The third-order valence-electron chi connectivity index (χ3n) is 3.99. The predicted molar refractivity (Wildman–Crippen MR) is 84.5 cm³/mol. The predicted octanol–water partition coefficient (Wildman–Crippen LogP) is 2.89. The van der Waals surface area contributed by atoms with Crippen molar-refractivity contribution < 1.29 is 4.79 Å². The molecule has 1 aliphatic carbocycles. The standard InChI is InChI=1S/C16H18ClN3O/c17-11-2-8-14-10(9-11)1-7-15(20-14)16(21)19-13-5-3-12(18)4-6-13/h1-2,7-9,12-13H,3-6,18H2,(H,19,21). The summed E-state index contributed by atoms with van der Waals surface area (Å²) >= 11 is 5.94. The van der Waals surface area contributed by atoms with Crippen molar-refractivity contribution in [1.82, 2.24) is 10.3 Å². The quantitative estimate of drug-likeness (QED) is 0.896. The lowest BCUT2D eigenvalue weighted by molar-refractivity contribution is 0.0921. The first kappa shape index (κ1) is 14.3. The van der Waals surface area contributed by atoms with Crippen LogP contribution < -0.4 is 11.1 Å². The van der Waals surface area contributed by atoms with E-state index in [1.54, 1.807) is 12.1 Å². The van der Waals surface area contributed by atoms with E-state index in [0.29, 0.717) is 10.7 Å². The number of aromatic nitrogens is 1. The van der Waals surface area contributed by atoms with Gasteiger partial charge in [0, 0.05) is 22.5 Å². The SMILES string of the molecule is NC1CCC(NC(=O)c2ccc3cc(Cl)ccc3n2)CC1. The number of rotatable bonds is 2. The second-order valence-corrected chi connectivity index (χ2v) is 6.06. The Morgan fingerprint density at radius 2 is 1.95 bits per heavy atom. The van der Waals surface area contributed by atoms with E-state index < -0.39 is 0 Å². The normalized spacial score (nSPS) is 22.2. The van der Waals surface area contributed by atoms with E-state index in [4.69, 9.17) is 17.3 Å². The van der Waals surface area contributed by atoms with Crippen molar-refractivity contribution in [3.63, 3.8) is 0 Å². The maximum absolute atomic E-state index is 12.3. The number of carbonyl (C=O) groups excluding carboxylic acids is 1. The van der Waals surface area contributed by atoms with Crippen LogP contribution in [0.1, 0.15) is 36.2 Å². The average Bonchev–Trinajstić information content (AvgIpc) is 2.49. The number of halogens is 1. The minimum absolute atomic E-state index is 0.118. The number of hydrogen-bond donors (Lipinski definition) is 2. The smallest absolute Gasteiger partial charge is 0.270 e. The third-order valence-corrected chi connectivity index (χ3v) is 4.23. The van der Waals surface area contributed by atoms with Crippen molar-refractivity contribution in [3.05, 3.63) is 41.0 Å². The van der Waals surface area contributed by atoms with Crippen molar-refractivity contribution in [3.8, 4) is 0 Å². The highest BCUT2D eigenvalue weighted by Gasteiger charge is 2.21. The van der Waals surface area contributed by atoms with E-state index in [1.165, 1.54) is 0 Å². The lowest BCUT2D eigenvalue weighted by Crippen LogP contribution is -2.40. The number of pyridine rings is 1. The monoisotopic (exact) mass is 303 g/mol. The number of benzene rings is 1. The Balaban J connectivity index is 1.74. The van der Waals surface area contributed by atoms with E-state index in [2.05, 4.69) is 10.3 Å². The summed E-state index contributed by atoms with van der Waals surface area (Å²) in [6, 6.07) is 9.55. The first-order valence-electron chi connectivity index (χ1n) is 7.24. The van der Waals surface area contributed by atoms with Gasteiger partial charge in [-0.25, -0.2) is 4.98 Å². The number of carbonyl (C=O) groups is 1. The zero-order chi connectivity index (χ0) is 14.8. The largest absolute Gasteiger partial charge is 0.348 e. The van der Waals surface area contributed by atoms with Gasteiger partial charge in [-0.1, -0.05) is 17.7 Å². The van der Waals surface area contributed by atoms with Gasteiger partial charge in [-0.3, -0.25) is 4.79 Å². The van der Waals surface area contributed by atoms with Gasteiger partial charge in [0.2, 0.25) is 0 Å². The van der Waals surface area contributed by atoms with Gasteiger partial charge in [0.05, 0.1) is 5.52 Å². The first-order chi connectivity index (χ1) is 10.1. The molecule has 1 saturated carbocycles. The number of hydrogen-bond acceptors (Lipinski definition) is 3. The van der Waals surface area contributed by atoms with Crippen LogP contribution in [-0.4, -0.2) is 23.0 Å².